The van der Waals surface area contributed by atoms with Gasteiger partial charge in [-0.05, 0) is 262 Å². The first-order chi connectivity index (χ1) is 68.5. The number of rotatable bonds is 26. The highest BCUT2D eigenvalue weighted by molar-refractivity contribution is 6.52. The lowest BCUT2D eigenvalue weighted by atomic mass is 9.88. The summed E-state index contributed by atoms with van der Waals surface area (Å²) in [6, 6.07) is 70.1. The Morgan fingerprint density at radius 1 is 0.393 bits per heavy atom. The van der Waals surface area contributed by atoms with E-state index in [0.29, 0.717) is 38.3 Å². The number of amides is 3. The minimum Gasteiger partial charge on any atom is -0.403 e. The van der Waals surface area contributed by atoms with Crippen molar-refractivity contribution in [2.45, 2.75) is 170 Å². The van der Waals surface area contributed by atoms with Crippen molar-refractivity contribution in [2.24, 2.45) is 5.92 Å². The van der Waals surface area contributed by atoms with Crippen LogP contribution in [0.15, 0.2) is 336 Å². The molecule has 2 aliphatic rings. The van der Waals surface area contributed by atoms with Gasteiger partial charge in [-0.2, -0.15) is 30.6 Å². The van der Waals surface area contributed by atoms with Crippen LogP contribution < -0.4 is 10.6 Å². The van der Waals surface area contributed by atoms with Crippen LogP contribution in [0, 0.1) is 47.5 Å². The molecular weight excluding hydrogens is 1750 g/mol. The number of pyridine rings is 8. The Kier molecular flexibility index (Phi) is 34.6. The number of carbonyl (C=O) groups is 2. The third kappa shape index (κ3) is 26.3. The molecule has 0 bridgehead atoms. The Bertz CT molecular complexity index is 6300. The number of benzene rings is 2. The smallest absolute Gasteiger partial charge is 0.325 e. The molecule has 34 heteroatoms. The van der Waals surface area contributed by atoms with E-state index < -0.39 is 7.12 Å². The van der Waals surface area contributed by atoms with Crippen LogP contribution in [0.1, 0.15) is 169 Å². The van der Waals surface area contributed by atoms with Gasteiger partial charge in [0.2, 0.25) is 18.5 Å². The van der Waals surface area contributed by atoms with E-state index in [0.717, 1.165) is 116 Å². The minimum atomic E-state index is -1.12. The first-order valence-electron chi connectivity index (χ1n) is 47.6. The number of aromatic nitrogens is 26. The first-order valence-corrected chi connectivity index (χ1v) is 47.6. The number of urea groups is 1. The van der Waals surface area contributed by atoms with Gasteiger partial charge in [-0.15, -0.1) is 0 Å². The largest absolute Gasteiger partial charge is 0.403 e. The molecule has 0 aliphatic heterocycles. The Hall–Kier alpha value is -16.4. The zero-order valence-corrected chi connectivity index (χ0v) is 81.0. The molecule has 0 fully saturated rings. The fraction of sp³-hybridized carbons (Fsp3) is 0.274. The summed E-state index contributed by atoms with van der Waals surface area (Å²) in [5.74, 6) is 0.291. The second-order valence-corrected chi connectivity index (χ2v) is 34.6. The molecule has 2 N–H and O–H groups in total. The second-order valence-electron chi connectivity index (χ2n) is 34.6. The summed E-state index contributed by atoms with van der Waals surface area (Å²) >= 11 is 0. The molecule has 21 rings (SSSR count). The zero-order chi connectivity index (χ0) is 97.3. The van der Waals surface area contributed by atoms with Gasteiger partial charge in [0.25, 0.3) is 0 Å². The van der Waals surface area contributed by atoms with E-state index in [-0.39, 0.29) is 30.4 Å². The SMILES string of the molecule is CCCCC(CC)C(=O)N(Cc1ccccn1)Cc1ccccn1.CN(C)C(=O)N(Cc1ccccn1)Cc1ccccn1.Cc1cc(C)n(C(n2nc(C)cc2C)n2nc(C)cc2C)n1.c1cnc2c(Nc3cccc4cccnc34)cccc2c1.c1cnc2c(c1)CCCC2NC1CCCc2cccnc21.c1cnn(C(n2cccn2)n2cccn2)c1.c1cnn([BH-](n2cccn2)n2cccn2)c1. The summed E-state index contributed by atoms with van der Waals surface area (Å²) in [5.41, 5.74) is 19.0. The van der Waals surface area contributed by atoms with Gasteiger partial charge in [0, 0.05) is 153 Å². The van der Waals surface area contributed by atoms with E-state index in [1.165, 1.54) is 61.0 Å². The molecule has 0 saturated carbocycles. The number of nitrogens with zero attached hydrogens (tertiary/aromatic N) is 29. The normalized spacial score (nSPS) is 13.1. The van der Waals surface area contributed by atoms with Crippen LogP contribution in [0.25, 0.3) is 21.8 Å². The first kappa shape index (κ1) is 98.1. The lowest BCUT2D eigenvalue weighted by molar-refractivity contribution is -0.137. The third-order valence-electron chi connectivity index (χ3n) is 24.0. The predicted molar refractivity (Wildman–Crippen MR) is 544 cm³/mol. The van der Waals surface area contributed by atoms with Crippen LogP contribution in [0.5, 0.6) is 0 Å². The summed E-state index contributed by atoms with van der Waals surface area (Å²) in [6.07, 6.45) is 47.2. The molecule has 0 saturated heterocycles. The van der Waals surface area contributed by atoms with Crippen LogP contribution in [-0.2, 0) is 43.8 Å². The maximum absolute atomic E-state index is 13.1. The lowest BCUT2D eigenvalue weighted by Gasteiger charge is -2.32. The number of aryl methyl sites for hydroxylation is 8. The molecule has 17 aromatic heterocycles. The highest BCUT2D eigenvalue weighted by atomic mass is 16.2. The molecule has 140 heavy (non-hydrogen) atoms. The molecule has 19 aromatic rings. The van der Waals surface area contributed by atoms with Crippen molar-refractivity contribution in [2.75, 3.05) is 19.4 Å². The van der Waals surface area contributed by atoms with Crippen LogP contribution in [0.4, 0.5) is 16.2 Å². The number of para-hydroxylation sites is 2. The van der Waals surface area contributed by atoms with Crippen LogP contribution in [-0.4, -0.2) is 175 Å². The second kappa shape index (κ2) is 49.4. The van der Waals surface area contributed by atoms with Gasteiger partial charge in [0.15, 0.2) is 0 Å². The molecule has 17 heterocycles. The third-order valence-corrected chi connectivity index (χ3v) is 24.0. The van der Waals surface area contributed by atoms with Gasteiger partial charge in [0.1, 0.15) is 0 Å². The van der Waals surface area contributed by atoms with Gasteiger partial charge in [0.05, 0.1) is 112 Å². The maximum atomic E-state index is 13.1. The van der Waals surface area contributed by atoms with E-state index >= 15 is 0 Å². The number of unbranched alkanes of at least 4 members (excludes halogenated alkanes) is 1. The Morgan fingerprint density at radius 2 is 0.757 bits per heavy atom. The number of hydrogen-bond donors (Lipinski definition) is 2. The fourth-order valence-corrected chi connectivity index (χ4v) is 17.4. The van der Waals surface area contributed by atoms with Crippen molar-refractivity contribution < 1.29 is 9.59 Å². The van der Waals surface area contributed by atoms with Crippen molar-refractivity contribution in [1.82, 2.24) is 148 Å². The Labute approximate surface area is 816 Å². The molecular formula is C106H121BN31O2-. The molecule has 33 nitrogen and oxygen atoms in total. The minimum absolute atomic E-state index is 0.0543. The standard InChI is InChI=1S/C20H27N3O.C18H21N3.C18H13N3.C16H22N6.C15H18N4O.C10H10N6.C9H10BN6/c1-3-5-10-17(4-2)20(24)23(15-18-11-6-8-13-21-18)16-19-12-7-9-14-22-19;2*1-5-13-7-3-11-19-17(13)15(9-1)21-16-10-2-6-14-8-4-12-20-18(14)16;1-10-7-13(4)20(17-10)16(21-14(5)8-11(2)18-21)22-15(6)9-12(3)19-22;1-18(2)15(20)19(11-13-7-3-5-9-16-13)12-14-8-4-6-10-17-14;2*1-4-11-14(7-1)10(15-8-2-5-12-15)16-9-3-6-13-16/h6-9,11-14,17H,3-5,10,15-16H2,1-2H3;3-4,7-8,11-12,15-16,21H,1-2,5-6,9-10H2;1-12,21H;7-9,16H,1-6H3;3-10H,11-12H2,1-2H3;2*1-10H/q;;;;;;-1. The lowest BCUT2D eigenvalue weighted by Crippen LogP contribution is -2.42. The summed E-state index contributed by atoms with van der Waals surface area (Å²) in [7, 11) is 2.36. The van der Waals surface area contributed by atoms with Gasteiger partial charge in [-0.25, -0.2) is 48.2 Å². The van der Waals surface area contributed by atoms with Crippen molar-refractivity contribution in [3.05, 3.63) is 416 Å². The average Bonchev–Trinajstić information content (AvgIpc) is 1.65. The highest BCUT2D eigenvalue weighted by Gasteiger charge is 2.30. The van der Waals surface area contributed by atoms with Gasteiger partial charge < -0.3 is 39.1 Å². The van der Waals surface area contributed by atoms with E-state index in [4.69, 9.17) is 0 Å². The highest BCUT2D eigenvalue weighted by Crippen LogP contribution is 2.36. The topological polar surface area (TPSA) is 331 Å². The molecule has 716 valence electrons. The van der Waals surface area contributed by atoms with Gasteiger partial charge in [-0.1, -0.05) is 99.5 Å². The molecule has 2 aliphatic carbocycles. The summed E-state index contributed by atoms with van der Waals surface area (Å²) in [5, 5.41) is 49.0. The van der Waals surface area contributed by atoms with Crippen molar-refractivity contribution >= 4 is 52.2 Å². The molecule has 3 unspecified atom stereocenters. The van der Waals surface area contributed by atoms with Crippen LogP contribution >= 0.6 is 0 Å². The van der Waals surface area contributed by atoms with E-state index in [1.807, 2.05) is 261 Å². The number of anilines is 2. The summed E-state index contributed by atoms with van der Waals surface area (Å²) in [4.78, 5) is 66.0. The van der Waals surface area contributed by atoms with Crippen LogP contribution in [0.3, 0.4) is 0 Å². The zero-order valence-electron chi connectivity index (χ0n) is 81.0. The number of hydrogen-bond acceptors (Lipinski definition) is 21. The molecule has 3 amide bonds. The van der Waals surface area contributed by atoms with Crippen LogP contribution in [0.2, 0.25) is 0 Å². The Morgan fingerprint density at radius 3 is 1.09 bits per heavy atom. The summed E-state index contributed by atoms with van der Waals surface area (Å²) < 4.78 is 16.9. The quantitative estimate of drug-likeness (QED) is 0.0476. The number of nitrogens with one attached hydrogen (secondary N) is 2. The van der Waals surface area contributed by atoms with Crippen molar-refractivity contribution in [3.63, 3.8) is 0 Å². The molecule has 0 spiro atoms. The van der Waals surface area contributed by atoms with Gasteiger partial charge >= 0.3 is 13.1 Å². The van der Waals surface area contributed by atoms with E-state index in [9.17, 15) is 9.59 Å². The number of fused-ring (bicyclic) bond motifs is 4. The van der Waals surface area contributed by atoms with Crippen molar-refractivity contribution in [3.8, 4) is 0 Å². The summed E-state index contributed by atoms with van der Waals surface area (Å²) in [6.45, 7) is 18.4. The van der Waals surface area contributed by atoms with E-state index in [2.05, 4.69) is 198 Å². The monoisotopic (exact) mass is 1870 g/mol. The molecule has 0 radical (unpaired) electrons. The van der Waals surface area contributed by atoms with E-state index in [1.54, 1.807) is 99.9 Å². The average molecular weight is 1870 g/mol. The molecule has 3 atom stereocenters. The van der Waals surface area contributed by atoms with Crippen molar-refractivity contribution in [1.29, 1.82) is 0 Å². The predicted octanol–water partition coefficient (Wildman–Crippen LogP) is 17.9. The van der Waals surface area contributed by atoms with Gasteiger partial charge in [-0.3, -0.25) is 44.7 Å². The maximum Gasteiger partial charge on any atom is 0.325 e. The molecule has 2 aromatic carbocycles. The Balaban J connectivity index is 0.000000124. The fourth-order valence-electron chi connectivity index (χ4n) is 17.4. The number of carbonyl (C=O) groups excluding carboxylic acids is 2.